The first-order chi connectivity index (χ1) is 13.6. The van der Waals surface area contributed by atoms with E-state index in [0.717, 1.165) is 31.2 Å². The molecular weight excluding hydrogens is 344 g/mol. The molecule has 2 aromatic carbocycles. The molecule has 0 bridgehead atoms. The third-order valence-electron chi connectivity index (χ3n) is 5.91. The highest BCUT2D eigenvalue weighted by Crippen LogP contribution is 2.29. The van der Waals surface area contributed by atoms with Gasteiger partial charge in [-0.1, -0.05) is 36.4 Å². The summed E-state index contributed by atoms with van der Waals surface area (Å²) >= 11 is 0. The van der Waals surface area contributed by atoms with Gasteiger partial charge in [0.15, 0.2) is 0 Å². The van der Waals surface area contributed by atoms with E-state index in [2.05, 4.69) is 89.2 Å². The van der Waals surface area contributed by atoms with Crippen molar-refractivity contribution in [1.29, 1.82) is 0 Å². The van der Waals surface area contributed by atoms with Gasteiger partial charge in [-0.05, 0) is 62.6 Å². The van der Waals surface area contributed by atoms with Gasteiger partial charge in [0.1, 0.15) is 5.82 Å². The minimum absolute atomic E-state index is 0.612. The van der Waals surface area contributed by atoms with Crippen molar-refractivity contribution >= 4 is 5.69 Å². The largest absolute Gasteiger partial charge is 0.371 e. The van der Waals surface area contributed by atoms with E-state index in [1.54, 1.807) is 0 Å². The second-order valence-corrected chi connectivity index (χ2v) is 8.01. The van der Waals surface area contributed by atoms with Gasteiger partial charge < -0.3 is 9.88 Å². The van der Waals surface area contributed by atoms with Gasteiger partial charge in [-0.25, -0.2) is 4.98 Å². The Hall–Kier alpha value is -2.59. The second kappa shape index (κ2) is 8.19. The van der Waals surface area contributed by atoms with E-state index in [9.17, 15) is 0 Å². The van der Waals surface area contributed by atoms with Crippen LogP contribution in [0.3, 0.4) is 0 Å². The fraction of sp³-hybridized carbons (Fsp3) is 0.375. The molecule has 0 aliphatic carbocycles. The van der Waals surface area contributed by atoms with Crippen LogP contribution >= 0.6 is 0 Å². The number of aromatic nitrogens is 2. The molecule has 0 atom stereocenters. The van der Waals surface area contributed by atoms with Crippen molar-refractivity contribution in [2.24, 2.45) is 0 Å². The average molecular weight is 375 g/mol. The van der Waals surface area contributed by atoms with Gasteiger partial charge in [-0.3, -0.25) is 4.90 Å². The maximum Gasteiger partial charge on any atom is 0.120 e. The van der Waals surface area contributed by atoms with Crippen molar-refractivity contribution in [3.05, 3.63) is 71.8 Å². The number of hydrogen-bond donors (Lipinski definition) is 1. The van der Waals surface area contributed by atoms with Gasteiger partial charge in [0, 0.05) is 36.7 Å². The number of benzene rings is 2. The highest BCUT2D eigenvalue weighted by Gasteiger charge is 2.23. The van der Waals surface area contributed by atoms with Crippen molar-refractivity contribution in [3.63, 3.8) is 0 Å². The molecule has 146 valence electrons. The lowest BCUT2D eigenvalue weighted by Gasteiger charge is -2.37. The molecule has 4 rings (SSSR count). The number of anilines is 1. The van der Waals surface area contributed by atoms with Gasteiger partial charge in [0.25, 0.3) is 0 Å². The van der Waals surface area contributed by atoms with Crippen molar-refractivity contribution < 1.29 is 0 Å². The van der Waals surface area contributed by atoms with Gasteiger partial charge in [-0.2, -0.15) is 0 Å². The van der Waals surface area contributed by atoms with Crippen LogP contribution in [-0.2, 0) is 6.54 Å². The molecule has 0 unspecified atom stereocenters. The van der Waals surface area contributed by atoms with Crippen LogP contribution in [0, 0.1) is 13.8 Å². The summed E-state index contributed by atoms with van der Waals surface area (Å²) in [5, 5.41) is 0. The minimum Gasteiger partial charge on any atom is -0.371 e. The summed E-state index contributed by atoms with van der Waals surface area (Å²) in [6.07, 6.45) is 4.28. The third-order valence-corrected chi connectivity index (χ3v) is 5.91. The Morgan fingerprint density at radius 3 is 2.57 bits per heavy atom. The zero-order chi connectivity index (χ0) is 19.5. The fourth-order valence-corrected chi connectivity index (χ4v) is 4.24. The summed E-state index contributed by atoms with van der Waals surface area (Å²) < 4.78 is 0. The van der Waals surface area contributed by atoms with E-state index in [4.69, 9.17) is 0 Å². The smallest absolute Gasteiger partial charge is 0.120 e. The van der Waals surface area contributed by atoms with E-state index in [-0.39, 0.29) is 0 Å². The van der Waals surface area contributed by atoms with Crippen molar-refractivity contribution in [3.8, 4) is 11.1 Å². The predicted octanol–water partition coefficient (Wildman–Crippen LogP) is 4.79. The molecule has 28 heavy (non-hydrogen) atoms. The maximum absolute atomic E-state index is 4.45. The van der Waals surface area contributed by atoms with Crippen LogP contribution in [0.4, 0.5) is 5.69 Å². The van der Waals surface area contributed by atoms with Crippen molar-refractivity contribution in [2.75, 3.05) is 25.0 Å². The molecule has 1 saturated heterocycles. The summed E-state index contributed by atoms with van der Waals surface area (Å²) in [5.74, 6) is 1.06. The Balaban J connectivity index is 1.40. The Bertz CT molecular complexity index is 922. The molecule has 2 heterocycles. The molecule has 0 radical (unpaired) electrons. The fourth-order valence-electron chi connectivity index (χ4n) is 4.24. The van der Waals surface area contributed by atoms with Gasteiger partial charge in [-0.15, -0.1) is 0 Å². The molecule has 1 N–H and O–H groups in total. The number of hydrogen-bond acceptors (Lipinski definition) is 3. The predicted molar refractivity (Wildman–Crippen MR) is 117 cm³/mol. The Morgan fingerprint density at radius 2 is 1.86 bits per heavy atom. The number of aryl methyl sites for hydroxylation is 2. The summed E-state index contributed by atoms with van der Waals surface area (Å²) in [4.78, 5) is 12.8. The molecule has 1 aliphatic heterocycles. The number of H-pyrrole nitrogens is 1. The van der Waals surface area contributed by atoms with Crippen LogP contribution in [0.5, 0.6) is 0 Å². The molecule has 1 fully saturated rings. The number of nitrogens with zero attached hydrogens (tertiary/aromatic N) is 3. The highest BCUT2D eigenvalue weighted by atomic mass is 15.2. The topological polar surface area (TPSA) is 35.2 Å². The van der Waals surface area contributed by atoms with Crippen LogP contribution in [0.25, 0.3) is 11.1 Å². The molecule has 0 spiro atoms. The van der Waals surface area contributed by atoms with Gasteiger partial charge in [0.05, 0.1) is 6.54 Å². The normalized spacial score (nSPS) is 15.4. The van der Waals surface area contributed by atoms with Crippen LogP contribution in [0.2, 0.25) is 0 Å². The number of rotatable bonds is 5. The van der Waals surface area contributed by atoms with Crippen molar-refractivity contribution in [1.82, 2.24) is 14.9 Å². The molecule has 3 aromatic rings. The van der Waals surface area contributed by atoms with Crippen LogP contribution < -0.4 is 4.90 Å². The quantitative estimate of drug-likeness (QED) is 0.697. The Morgan fingerprint density at radius 1 is 1.07 bits per heavy atom. The summed E-state index contributed by atoms with van der Waals surface area (Å²) in [7, 11) is 2.22. The lowest BCUT2D eigenvalue weighted by Crippen LogP contribution is -2.43. The van der Waals surface area contributed by atoms with Crippen molar-refractivity contribution in [2.45, 2.75) is 39.3 Å². The molecule has 4 heteroatoms. The van der Waals surface area contributed by atoms with E-state index in [1.165, 1.54) is 35.2 Å². The summed E-state index contributed by atoms with van der Waals surface area (Å²) in [6, 6.07) is 18.2. The van der Waals surface area contributed by atoms with Gasteiger partial charge in [0.2, 0.25) is 0 Å². The SMILES string of the molecule is Cc1cnc(CN(C)C2CCN(c3cccc(-c4ccccc4C)c3)CC2)[nH]1. The minimum atomic E-state index is 0.612. The first-order valence-electron chi connectivity index (χ1n) is 10.2. The maximum atomic E-state index is 4.45. The van der Waals surface area contributed by atoms with E-state index in [0.29, 0.717) is 6.04 Å². The molecular formula is C24H30N4. The van der Waals surface area contributed by atoms with E-state index < -0.39 is 0 Å². The standard InChI is InChI=1S/C24H30N4/c1-18-7-4-5-10-23(18)20-8-6-9-22(15-20)28-13-11-21(12-14-28)27(3)17-24-25-16-19(2)26-24/h4-10,15-16,21H,11-14,17H2,1-3H3,(H,25,26). The Kier molecular flexibility index (Phi) is 5.49. The monoisotopic (exact) mass is 374 g/mol. The summed E-state index contributed by atoms with van der Waals surface area (Å²) in [6.45, 7) is 7.33. The van der Waals surface area contributed by atoms with E-state index in [1.807, 2.05) is 6.20 Å². The molecule has 1 aliphatic rings. The third kappa shape index (κ3) is 4.12. The number of aromatic amines is 1. The van der Waals surface area contributed by atoms with E-state index >= 15 is 0 Å². The molecule has 0 amide bonds. The first-order valence-corrected chi connectivity index (χ1v) is 10.2. The first kappa shape index (κ1) is 18.8. The van der Waals surface area contributed by atoms with Crippen LogP contribution in [0.15, 0.2) is 54.7 Å². The van der Waals surface area contributed by atoms with Crippen LogP contribution in [0.1, 0.15) is 29.9 Å². The lowest BCUT2D eigenvalue weighted by molar-refractivity contribution is 0.196. The number of piperidine rings is 1. The zero-order valence-electron chi connectivity index (χ0n) is 17.2. The molecule has 1 aromatic heterocycles. The Labute approximate surface area is 168 Å². The highest BCUT2D eigenvalue weighted by molar-refractivity contribution is 5.71. The number of imidazole rings is 1. The average Bonchev–Trinajstić information content (AvgIpc) is 3.13. The second-order valence-electron chi connectivity index (χ2n) is 8.01. The summed E-state index contributed by atoms with van der Waals surface area (Å²) in [5.41, 5.74) is 6.43. The van der Waals surface area contributed by atoms with Gasteiger partial charge >= 0.3 is 0 Å². The zero-order valence-corrected chi connectivity index (χ0v) is 17.2. The molecule has 4 nitrogen and oxygen atoms in total. The van der Waals surface area contributed by atoms with Crippen LogP contribution in [-0.4, -0.2) is 41.0 Å². The molecule has 0 saturated carbocycles. The lowest BCUT2D eigenvalue weighted by atomic mass is 9.99. The number of nitrogens with one attached hydrogen (secondary N) is 1.